The number of hydrogen-bond donors (Lipinski definition) is 2. The van der Waals surface area contributed by atoms with E-state index in [9.17, 15) is 0 Å². The Hall–Kier alpha value is -1.35. The highest BCUT2D eigenvalue weighted by Crippen LogP contribution is 2.19. The standard InChI is InChI=1S/C20H30N4OS.HI/c1-6-21-20(23-12-10-19-15(3)24-16(4)26-19)22-11-9-17-8-7-14(2)18(13-17)25-5;/h7-8,13H,6,9-12H2,1-5H3,(H2,21,22,23);1H. The molecule has 0 saturated carbocycles. The molecule has 0 saturated heterocycles. The van der Waals surface area contributed by atoms with Crippen molar-refractivity contribution in [2.45, 2.75) is 40.5 Å². The number of benzene rings is 1. The van der Waals surface area contributed by atoms with Crippen LogP contribution in [-0.2, 0) is 12.8 Å². The average Bonchev–Trinajstić information content (AvgIpc) is 2.93. The molecule has 1 aromatic carbocycles. The number of ether oxygens (including phenoxy) is 1. The van der Waals surface area contributed by atoms with Gasteiger partial charge >= 0.3 is 0 Å². The number of halogens is 1. The second kappa shape index (κ2) is 12.2. The van der Waals surface area contributed by atoms with E-state index in [0.29, 0.717) is 0 Å². The molecule has 7 heteroatoms. The van der Waals surface area contributed by atoms with Crippen LogP contribution in [0.15, 0.2) is 23.2 Å². The molecule has 27 heavy (non-hydrogen) atoms. The average molecular weight is 502 g/mol. The van der Waals surface area contributed by atoms with Crippen LogP contribution in [0.1, 0.15) is 33.6 Å². The van der Waals surface area contributed by atoms with Crippen molar-refractivity contribution in [3.63, 3.8) is 0 Å². The zero-order chi connectivity index (χ0) is 18.9. The van der Waals surface area contributed by atoms with E-state index >= 15 is 0 Å². The molecule has 0 bridgehead atoms. The van der Waals surface area contributed by atoms with Gasteiger partial charge in [-0.1, -0.05) is 12.1 Å². The van der Waals surface area contributed by atoms with Gasteiger partial charge in [0.2, 0.25) is 0 Å². The highest BCUT2D eigenvalue weighted by atomic mass is 127. The molecule has 2 N–H and O–H groups in total. The van der Waals surface area contributed by atoms with E-state index in [1.807, 2.05) is 0 Å². The van der Waals surface area contributed by atoms with Crippen LogP contribution in [0.4, 0.5) is 0 Å². The van der Waals surface area contributed by atoms with E-state index in [0.717, 1.165) is 60.4 Å². The molecule has 150 valence electrons. The molecule has 0 spiro atoms. The monoisotopic (exact) mass is 502 g/mol. The van der Waals surface area contributed by atoms with Crippen LogP contribution in [0.25, 0.3) is 0 Å². The van der Waals surface area contributed by atoms with E-state index in [-0.39, 0.29) is 24.0 Å². The Balaban J connectivity index is 0.00000364. The molecule has 0 atom stereocenters. The summed E-state index contributed by atoms with van der Waals surface area (Å²) in [6.07, 6.45) is 1.86. The van der Waals surface area contributed by atoms with Crippen LogP contribution >= 0.6 is 35.3 Å². The van der Waals surface area contributed by atoms with Crippen LogP contribution in [-0.4, -0.2) is 37.7 Å². The van der Waals surface area contributed by atoms with Crippen LogP contribution < -0.4 is 15.4 Å². The van der Waals surface area contributed by atoms with E-state index in [1.54, 1.807) is 18.4 Å². The van der Waals surface area contributed by atoms with Gasteiger partial charge in [0, 0.05) is 30.9 Å². The minimum absolute atomic E-state index is 0. The Morgan fingerprint density at radius 3 is 2.59 bits per heavy atom. The van der Waals surface area contributed by atoms with Crippen molar-refractivity contribution >= 4 is 41.3 Å². The molecule has 0 fully saturated rings. The lowest BCUT2D eigenvalue weighted by atomic mass is 10.1. The molecule has 1 heterocycles. The molecule has 2 rings (SSSR count). The van der Waals surface area contributed by atoms with Crippen molar-refractivity contribution in [1.82, 2.24) is 15.6 Å². The predicted octanol–water partition coefficient (Wildman–Crippen LogP) is 4.04. The molecule has 1 aromatic heterocycles. The van der Waals surface area contributed by atoms with Gasteiger partial charge in [-0.3, -0.25) is 4.99 Å². The van der Waals surface area contributed by atoms with Gasteiger partial charge in [0.05, 0.1) is 17.8 Å². The van der Waals surface area contributed by atoms with Gasteiger partial charge in [-0.15, -0.1) is 35.3 Å². The number of thiazole rings is 1. The van der Waals surface area contributed by atoms with E-state index < -0.39 is 0 Å². The number of aryl methyl sites for hydroxylation is 3. The van der Waals surface area contributed by atoms with Crippen LogP contribution in [0, 0.1) is 20.8 Å². The van der Waals surface area contributed by atoms with Crippen molar-refractivity contribution < 1.29 is 4.74 Å². The van der Waals surface area contributed by atoms with Crippen LogP contribution in [0.5, 0.6) is 5.75 Å². The number of aliphatic imine (C=N–C) groups is 1. The summed E-state index contributed by atoms with van der Waals surface area (Å²) in [7, 11) is 1.71. The van der Waals surface area contributed by atoms with Gasteiger partial charge in [0.25, 0.3) is 0 Å². The molecule has 0 aliphatic rings. The SMILES string of the molecule is CCNC(=NCCc1sc(C)nc1C)NCCc1ccc(C)c(OC)c1.I. The van der Waals surface area contributed by atoms with E-state index in [2.05, 4.69) is 66.5 Å². The molecule has 0 aliphatic heterocycles. The van der Waals surface area contributed by atoms with Gasteiger partial charge in [-0.2, -0.15) is 0 Å². The Kier molecular flexibility index (Phi) is 10.7. The molecule has 0 amide bonds. The number of guanidine groups is 1. The molecule has 0 unspecified atom stereocenters. The minimum Gasteiger partial charge on any atom is -0.496 e. The Morgan fingerprint density at radius 2 is 1.96 bits per heavy atom. The maximum Gasteiger partial charge on any atom is 0.191 e. The normalized spacial score (nSPS) is 11.1. The highest BCUT2D eigenvalue weighted by molar-refractivity contribution is 14.0. The summed E-state index contributed by atoms with van der Waals surface area (Å²) in [6, 6.07) is 6.36. The first-order chi connectivity index (χ1) is 12.5. The van der Waals surface area contributed by atoms with Crippen molar-refractivity contribution in [3.8, 4) is 5.75 Å². The summed E-state index contributed by atoms with van der Waals surface area (Å²) in [5.74, 6) is 1.81. The fourth-order valence-corrected chi connectivity index (χ4v) is 3.69. The molecule has 2 aromatic rings. The van der Waals surface area contributed by atoms with E-state index in [1.165, 1.54) is 10.4 Å². The fourth-order valence-electron chi connectivity index (χ4n) is 2.76. The van der Waals surface area contributed by atoms with Gasteiger partial charge in [0.15, 0.2) is 5.96 Å². The van der Waals surface area contributed by atoms with Crippen LogP contribution in [0.3, 0.4) is 0 Å². The fraction of sp³-hybridized carbons (Fsp3) is 0.500. The summed E-state index contributed by atoms with van der Waals surface area (Å²) >= 11 is 1.77. The third kappa shape index (κ3) is 7.65. The second-order valence-electron chi connectivity index (χ2n) is 6.23. The van der Waals surface area contributed by atoms with Crippen molar-refractivity contribution in [1.29, 1.82) is 0 Å². The first-order valence-corrected chi connectivity index (χ1v) is 9.93. The largest absolute Gasteiger partial charge is 0.496 e. The topological polar surface area (TPSA) is 58.5 Å². The number of hydrogen-bond acceptors (Lipinski definition) is 4. The highest BCUT2D eigenvalue weighted by Gasteiger charge is 2.05. The summed E-state index contributed by atoms with van der Waals surface area (Å²) in [4.78, 5) is 10.5. The van der Waals surface area contributed by atoms with Gasteiger partial charge < -0.3 is 15.4 Å². The molecule has 0 aliphatic carbocycles. The van der Waals surface area contributed by atoms with Gasteiger partial charge in [-0.05, 0) is 51.3 Å². The maximum absolute atomic E-state index is 5.40. The quantitative estimate of drug-likeness (QED) is 0.325. The first-order valence-electron chi connectivity index (χ1n) is 9.12. The summed E-state index contributed by atoms with van der Waals surface area (Å²) in [5.41, 5.74) is 3.55. The summed E-state index contributed by atoms with van der Waals surface area (Å²) < 4.78 is 5.40. The Labute approximate surface area is 184 Å². The van der Waals surface area contributed by atoms with Gasteiger partial charge in [0.1, 0.15) is 5.75 Å². The second-order valence-corrected chi connectivity index (χ2v) is 7.52. The third-order valence-electron chi connectivity index (χ3n) is 4.13. The third-order valence-corrected chi connectivity index (χ3v) is 5.26. The van der Waals surface area contributed by atoms with E-state index in [4.69, 9.17) is 4.74 Å². The zero-order valence-electron chi connectivity index (χ0n) is 16.9. The minimum atomic E-state index is 0. The number of nitrogens with one attached hydrogen (secondary N) is 2. The predicted molar refractivity (Wildman–Crippen MR) is 126 cm³/mol. The zero-order valence-corrected chi connectivity index (χ0v) is 20.0. The number of rotatable bonds is 8. The maximum atomic E-state index is 5.40. The molecule has 5 nitrogen and oxygen atoms in total. The van der Waals surface area contributed by atoms with Crippen molar-refractivity contribution in [3.05, 3.63) is 44.9 Å². The number of methoxy groups -OCH3 is 1. The molecular formula is C20H31IN4OS. The number of nitrogens with zero attached hydrogens (tertiary/aromatic N) is 2. The lowest BCUT2D eigenvalue weighted by Gasteiger charge is -2.12. The molecular weight excluding hydrogens is 471 g/mol. The summed E-state index contributed by atoms with van der Waals surface area (Å²) in [6.45, 7) is 10.7. The summed E-state index contributed by atoms with van der Waals surface area (Å²) in [5, 5.41) is 7.85. The van der Waals surface area contributed by atoms with Gasteiger partial charge in [-0.25, -0.2) is 4.98 Å². The first kappa shape index (κ1) is 23.7. The van der Waals surface area contributed by atoms with Crippen molar-refractivity contribution in [2.24, 2.45) is 4.99 Å². The molecule has 0 radical (unpaired) electrons. The smallest absolute Gasteiger partial charge is 0.191 e. The Bertz CT molecular complexity index is 746. The Morgan fingerprint density at radius 1 is 1.19 bits per heavy atom. The lowest BCUT2D eigenvalue weighted by Crippen LogP contribution is -2.38. The van der Waals surface area contributed by atoms with Crippen molar-refractivity contribution in [2.75, 3.05) is 26.7 Å². The van der Waals surface area contributed by atoms with Crippen LogP contribution in [0.2, 0.25) is 0 Å². The number of aromatic nitrogens is 1. The lowest BCUT2D eigenvalue weighted by molar-refractivity contribution is 0.411.